The summed E-state index contributed by atoms with van der Waals surface area (Å²) in [6.07, 6.45) is 2.31. The van der Waals surface area contributed by atoms with Gasteiger partial charge in [-0.1, -0.05) is 36.8 Å². The Bertz CT molecular complexity index is 1340. The number of aromatic nitrogens is 2. The lowest BCUT2D eigenvalue weighted by Gasteiger charge is -2.34. The van der Waals surface area contributed by atoms with E-state index in [1.54, 1.807) is 12.1 Å². The number of nitrogens with one attached hydrogen (secondary N) is 1. The van der Waals surface area contributed by atoms with E-state index in [0.717, 1.165) is 17.5 Å². The van der Waals surface area contributed by atoms with Crippen LogP contribution in [0, 0.1) is 12.8 Å². The molecule has 0 aliphatic carbocycles. The number of pyridine rings is 2. The van der Waals surface area contributed by atoms with E-state index in [4.69, 9.17) is 10.7 Å². The van der Waals surface area contributed by atoms with Crippen LogP contribution in [0.5, 0.6) is 0 Å². The zero-order valence-corrected chi connectivity index (χ0v) is 20.6. The SMILES string of the molecule is Cc1ccc(-c2ccc(C(=O)NS(=O)(=O)c3cccnc3N)c(N3C[C@@H](C)CC3(C)C)n2)cc1. The molecule has 0 saturated carbocycles. The summed E-state index contributed by atoms with van der Waals surface area (Å²) >= 11 is 0. The van der Waals surface area contributed by atoms with E-state index >= 15 is 0 Å². The molecule has 1 fully saturated rings. The molecule has 8 nitrogen and oxygen atoms in total. The molecule has 0 radical (unpaired) electrons. The lowest BCUT2D eigenvalue weighted by Crippen LogP contribution is -2.41. The van der Waals surface area contributed by atoms with E-state index in [1.165, 1.54) is 18.3 Å². The smallest absolute Gasteiger partial charge is 0.268 e. The highest BCUT2D eigenvalue weighted by Crippen LogP contribution is 2.38. The summed E-state index contributed by atoms with van der Waals surface area (Å²) < 4.78 is 27.9. The number of benzene rings is 1. The summed E-state index contributed by atoms with van der Waals surface area (Å²) in [6.45, 7) is 9.08. The van der Waals surface area contributed by atoms with Crippen molar-refractivity contribution in [2.24, 2.45) is 5.92 Å². The Kier molecular flexibility index (Phi) is 6.07. The Labute approximate surface area is 200 Å². The van der Waals surface area contributed by atoms with E-state index in [-0.39, 0.29) is 21.8 Å². The molecule has 1 aliphatic rings. The van der Waals surface area contributed by atoms with E-state index in [0.29, 0.717) is 24.0 Å². The number of aryl methyl sites for hydroxylation is 1. The van der Waals surface area contributed by atoms with E-state index in [2.05, 4.69) is 35.4 Å². The topological polar surface area (TPSA) is 118 Å². The maximum absolute atomic E-state index is 13.3. The van der Waals surface area contributed by atoms with Gasteiger partial charge in [-0.25, -0.2) is 23.1 Å². The first kappa shape index (κ1) is 23.7. The molecule has 1 aliphatic heterocycles. The second-order valence-corrected chi connectivity index (χ2v) is 11.1. The molecule has 2 aromatic heterocycles. The van der Waals surface area contributed by atoms with Crippen LogP contribution in [0.15, 0.2) is 59.6 Å². The van der Waals surface area contributed by atoms with Gasteiger partial charge < -0.3 is 10.6 Å². The average Bonchev–Trinajstić information content (AvgIpc) is 3.05. The predicted molar refractivity (Wildman–Crippen MR) is 133 cm³/mol. The molecule has 3 N–H and O–H groups in total. The van der Waals surface area contributed by atoms with Crippen LogP contribution < -0.4 is 15.4 Å². The van der Waals surface area contributed by atoms with Crippen molar-refractivity contribution in [3.8, 4) is 11.3 Å². The van der Waals surface area contributed by atoms with Crippen molar-refractivity contribution in [2.75, 3.05) is 17.2 Å². The van der Waals surface area contributed by atoms with Gasteiger partial charge in [0.1, 0.15) is 16.5 Å². The Morgan fingerprint density at radius 3 is 2.47 bits per heavy atom. The second kappa shape index (κ2) is 8.72. The minimum Gasteiger partial charge on any atom is -0.383 e. The van der Waals surface area contributed by atoms with Gasteiger partial charge in [0, 0.05) is 23.8 Å². The highest BCUT2D eigenvalue weighted by molar-refractivity contribution is 7.90. The summed E-state index contributed by atoms with van der Waals surface area (Å²) in [5, 5.41) is 0. The number of carbonyl (C=O) groups is 1. The minimum absolute atomic E-state index is 0.176. The van der Waals surface area contributed by atoms with Crippen molar-refractivity contribution < 1.29 is 13.2 Å². The van der Waals surface area contributed by atoms with E-state index in [1.807, 2.05) is 31.2 Å². The van der Waals surface area contributed by atoms with Crippen LogP contribution >= 0.6 is 0 Å². The van der Waals surface area contributed by atoms with Crippen molar-refractivity contribution in [3.05, 3.63) is 65.9 Å². The Morgan fingerprint density at radius 2 is 1.85 bits per heavy atom. The van der Waals surface area contributed by atoms with Gasteiger partial charge in [0.25, 0.3) is 15.9 Å². The Morgan fingerprint density at radius 1 is 1.15 bits per heavy atom. The molecule has 1 atom stereocenters. The molecular formula is C25H29N5O3S. The lowest BCUT2D eigenvalue weighted by atomic mass is 9.97. The molecule has 9 heteroatoms. The van der Waals surface area contributed by atoms with Crippen LogP contribution in [0.1, 0.15) is 43.1 Å². The summed E-state index contributed by atoms with van der Waals surface area (Å²) in [4.78, 5) is 23.8. The van der Waals surface area contributed by atoms with Crippen molar-refractivity contribution >= 4 is 27.6 Å². The quantitative estimate of drug-likeness (QED) is 0.572. The number of nitrogen functional groups attached to an aromatic ring is 1. The first-order chi connectivity index (χ1) is 16.0. The molecular weight excluding hydrogens is 450 g/mol. The number of carbonyl (C=O) groups excluding carboxylic acids is 1. The van der Waals surface area contributed by atoms with E-state index < -0.39 is 15.9 Å². The molecule has 0 spiro atoms. The monoisotopic (exact) mass is 479 g/mol. The molecule has 1 aromatic carbocycles. The zero-order valence-electron chi connectivity index (χ0n) is 19.7. The molecule has 4 rings (SSSR count). The van der Waals surface area contributed by atoms with Gasteiger partial charge in [0.2, 0.25) is 0 Å². The summed E-state index contributed by atoms with van der Waals surface area (Å²) in [7, 11) is -4.22. The third-order valence-corrected chi connectivity index (χ3v) is 7.49. The van der Waals surface area contributed by atoms with Gasteiger partial charge in [0.15, 0.2) is 0 Å². The van der Waals surface area contributed by atoms with Gasteiger partial charge in [-0.3, -0.25) is 4.79 Å². The van der Waals surface area contributed by atoms with Gasteiger partial charge in [-0.05, 0) is 57.4 Å². The minimum atomic E-state index is -4.22. The molecule has 1 saturated heterocycles. The maximum atomic E-state index is 13.3. The first-order valence-electron chi connectivity index (χ1n) is 11.1. The molecule has 1 amide bonds. The summed E-state index contributed by atoms with van der Waals surface area (Å²) in [6, 6.07) is 14.1. The standard InChI is InChI=1S/C25H29N5O3S/c1-16-7-9-18(10-8-16)20-12-11-19(23(28-20)30-15-17(2)14-25(30,3)4)24(31)29-34(32,33)21-6-5-13-27-22(21)26/h5-13,17H,14-15H2,1-4H3,(H2,26,27)(H,29,31)/t17-/m0/s1. The normalized spacial score (nSPS) is 17.5. The average molecular weight is 480 g/mol. The van der Waals surface area contributed by atoms with Crippen LogP contribution in [0.25, 0.3) is 11.3 Å². The number of hydrogen-bond acceptors (Lipinski definition) is 7. The molecule has 178 valence electrons. The number of anilines is 2. The van der Waals surface area contributed by atoms with Crippen LogP contribution in [0.4, 0.5) is 11.6 Å². The first-order valence-corrected chi connectivity index (χ1v) is 12.6. The number of amides is 1. The molecule has 3 aromatic rings. The van der Waals surface area contributed by atoms with Crippen LogP contribution in [0.3, 0.4) is 0 Å². The van der Waals surface area contributed by atoms with Crippen LogP contribution in [-0.4, -0.2) is 36.4 Å². The summed E-state index contributed by atoms with van der Waals surface area (Å²) in [5.74, 6) is -0.0871. The number of hydrogen-bond donors (Lipinski definition) is 2. The highest BCUT2D eigenvalue weighted by atomic mass is 32.2. The van der Waals surface area contributed by atoms with Crippen molar-refractivity contribution in [3.63, 3.8) is 0 Å². The third kappa shape index (κ3) is 4.61. The largest absolute Gasteiger partial charge is 0.383 e. The van der Waals surface area contributed by atoms with Crippen LogP contribution in [-0.2, 0) is 10.0 Å². The van der Waals surface area contributed by atoms with Crippen LogP contribution in [0.2, 0.25) is 0 Å². The number of nitrogens with zero attached hydrogens (tertiary/aromatic N) is 3. The molecule has 3 heterocycles. The highest BCUT2D eigenvalue weighted by Gasteiger charge is 2.39. The fourth-order valence-corrected chi connectivity index (χ4v) is 5.59. The fourth-order valence-electron chi connectivity index (χ4n) is 4.54. The molecule has 34 heavy (non-hydrogen) atoms. The lowest BCUT2D eigenvalue weighted by molar-refractivity contribution is 0.0981. The maximum Gasteiger partial charge on any atom is 0.268 e. The van der Waals surface area contributed by atoms with Gasteiger partial charge in [-0.2, -0.15) is 0 Å². The number of sulfonamides is 1. The Hall–Kier alpha value is -3.46. The number of nitrogens with two attached hydrogens (primary N) is 1. The van der Waals surface area contributed by atoms with Gasteiger partial charge in [0.05, 0.1) is 11.3 Å². The molecule has 0 unspecified atom stereocenters. The summed E-state index contributed by atoms with van der Waals surface area (Å²) in [5.41, 5.74) is 8.43. The van der Waals surface area contributed by atoms with Crippen molar-refractivity contribution in [1.82, 2.24) is 14.7 Å². The third-order valence-electron chi connectivity index (χ3n) is 6.11. The fraction of sp³-hybridized carbons (Fsp3) is 0.320. The second-order valence-electron chi connectivity index (χ2n) is 9.49. The van der Waals surface area contributed by atoms with E-state index in [9.17, 15) is 13.2 Å². The number of rotatable bonds is 5. The molecule has 0 bridgehead atoms. The van der Waals surface area contributed by atoms with Gasteiger partial charge >= 0.3 is 0 Å². The zero-order chi connectivity index (χ0) is 24.7. The Balaban J connectivity index is 1.77. The predicted octanol–water partition coefficient (Wildman–Crippen LogP) is 3.78. The van der Waals surface area contributed by atoms with Crippen molar-refractivity contribution in [1.29, 1.82) is 0 Å². The van der Waals surface area contributed by atoms with Crippen molar-refractivity contribution in [2.45, 2.75) is 44.6 Å². The van der Waals surface area contributed by atoms with Gasteiger partial charge in [-0.15, -0.1) is 0 Å².